The van der Waals surface area contributed by atoms with E-state index >= 15 is 0 Å². The number of fused-ring (bicyclic) bond motifs is 20. The van der Waals surface area contributed by atoms with Crippen molar-refractivity contribution in [1.82, 2.24) is 24.9 Å². The van der Waals surface area contributed by atoms with Crippen molar-refractivity contribution >= 4 is 164 Å². The van der Waals surface area contributed by atoms with E-state index in [1.807, 2.05) is 116 Å². The molecule has 0 aliphatic heterocycles. The summed E-state index contributed by atoms with van der Waals surface area (Å²) in [5.74, 6) is 0. The van der Waals surface area contributed by atoms with Crippen LogP contribution < -0.4 is 22.8 Å². The van der Waals surface area contributed by atoms with Gasteiger partial charge in [0.05, 0.1) is 44.4 Å². The number of rotatable bonds is 5. The van der Waals surface area contributed by atoms with Gasteiger partial charge in [-0.25, -0.2) is 27.8 Å². The zero-order valence-electron chi connectivity index (χ0n) is 70.8. The number of furan rings is 5. The van der Waals surface area contributed by atoms with Gasteiger partial charge in [0.15, 0.2) is 36.6 Å². The minimum Gasteiger partial charge on any atom is -0.455 e. The molecule has 0 aliphatic rings. The molecule has 10 aromatic carbocycles. The fraction of sp³-hybridized carbons (Fsp3) is 0.0909. The lowest BCUT2D eigenvalue weighted by molar-refractivity contribution is -0.660. The van der Waals surface area contributed by atoms with Gasteiger partial charge in [-0.2, -0.15) is 0 Å². The summed E-state index contributed by atoms with van der Waals surface area (Å²) in [4.78, 5) is 22.1. The van der Waals surface area contributed by atoms with Crippen LogP contribution in [0.5, 0.6) is 0 Å². The molecule has 0 saturated carbocycles. The molecule has 15 nitrogen and oxygen atoms in total. The highest BCUT2D eigenvalue weighted by Gasteiger charge is 2.27. The maximum Gasteiger partial charge on any atom is 0.227 e. The number of benzene rings is 10. The molecule has 125 heavy (non-hydrogen) atoms. The normalized spacial score (nSPS) is 11.6. The van der Waals surface area contributed by atoms with Crippen molar-refractivity contribution in [2.75, 3.05) is 0 Å². The van der Waals surface area contributed by atoms with E-state index in [-0.39, 0.29) is 0 Å². The van der Waals surface area contributed by atoms with E-state index in [4.69, 9.17) is 27.1 Å². The maximum absolute atomic E-state index is 6.35. The highest BCUT2D eigenvalue weighted by atomic mass is 16.3. The number of hydrogen-bond acceptors (Lipinski definition) is 10. The first kappa shape index (κ1) is 76.4. The first-order chi connectivity index (χ1) is 61.1. The number of pyridine rings is 10. The molecule has 15 heteroatoms. The summed E-state index contributed by atoms with van der Waals surface area (Å²) in [5, 5.41) is 19.2. The molecule has 25 rings (SSSR count). The molecule has 0 aliphatic carbocycles. The number of aryl methyl sites for hydroxylation is 10. The zero-order chi connectivity index (χ0) is 84.8. The first-order valence-corrected chi connectivity index (χ1v) is 41.9. The van der Waals surface area contributed by atoms with Crippen molar-refractivity contribution in [3.63, 3.8) is 0 Å². The van der Waals surface area contributed by atoms with Gasteiger partial charge in [-0.3, -0.25) is 19.9 Å². The van der Waals surface area contributed by atoms with Gasteiger partial charge in [0.1, 0.15) is 79.9 Å². The highest BCUT2D eigenvalue weighted by Crippen LogP contribution is 2.45. The molecule has 0 radical (unpaired) electrons. The fourth-order valence-electron chi connectivity index (χ4n) is 18.0. The third-order valence-electron chi connectivity index (χ3n) is 24.5. The van der Waals surface area contributed by atoms with Gasteiger partial charge >= 0.3 is 0 Å². The summed E-state index contributed by atoms with van der Waals surface area (Å²) in [6.07, 6.45) is 21.4. The van der Waals surface area contributed by atoms with Crippen LogP contribution in [-0.4, -0.2) is 24.9 Å². The SMILES string of the molecule is Cc1ccc2c(oc3cc4cccnc4cc32)c1-c1cccc[n+]1C.Cc1ccc2c(oc3cc4ccncc4cc32)c1-c1cccc[n+]1C.Cc1ccc2c(oc3cc4cnccc4cc32)c1-c1cccc[n+]1C.Cc1ccc2c(oc3cc4ncccc4cc32)c1-c1cccc[n+]1C.Cc1ccc2c(oc3nc4ccccc4cc32)c1-c1cccc[n+]1C. The molecule has 0 spiro atoms. The van der Waals surface area contributed by atoms with Gasteiger partial charge in [-0.1, -0.05) is 91.0 Å². The smallest absolute Gasteiger partial charge is 0.227 e. The Morgan fingerprint density at radius 3 is 0.944 bits per heavy atom. The van der Waals surface area contributed by atoms with Crippen LogP contribution in [0.3, 0.4) is 0 Å². The van der Waals surface area contributed by atoms with E-state index in [0.717, 1.165) is 209 Å². The van der Waals surface area contributed by atoms with Crippen molar-refractivity contribution < 1.29 is 44.9 Å². The molecule has 0 fully saturated rings. The van der Waals surface area contributed by atoms with Crippen molar-refractivity contribution in [1.29, 1.82) is 0 Å². The van der Waals surface area contributed by atoms with Gasteiger partial charge < -0.3 is 22.1 Å². The number of hydrogen-bond donors (Lipinski definition) is 0. The lowest BCUT2D eigenvalue weighted by Gasteiger charge is -2.04. The van der Waals surface area contributed by atoms with Crippen LogP contribution in [0, 0.1) is 34.6 Å². The van der Waals surface area contributed by atoms with Crippen LogP contribution in [0.25, 0.3) is 220 Å². The Kier molecular flexibility index (Phi) is 19.1. The van der Waals surface area contributed by atoms with Gasteiger partial charge in [0.25, 0.3) is 0 Å². The molecule has 600 valence electrons. The molecule has 0 atom stereocenters. The molecule has 0 unspecified atom stereocenters. The van der Waals surface area contributed by atoms with Gasteiger partial charge in [0, 0.05) is 185 Å². The Morgan fingerprint density at radius 1 is 0.224 bits per heavy atom. The zero-order valence-corrected chi connectivity index (χ0v) is 70.8. The summed E-state index contributed by atoms with van der Waals surface area (Å²) in [7, 11) is 10.3. The molecule has 0 N–H and O–H groups in total. The van der Waals surface area contributed by atoms with Crippen LogP contribution in [0.15, 0.2) is 357 Å². The van der Waals surface area contributed by atoms with Crippen LogP contribution in [-0.2, 0) is 35.2 Å². The van der Waals surface area contributed by atoms with Crippen LogP contribution in [0.1, 0.15) is 27.8 Å². The molecule has 0 amide bonds. The van der Waals surface area contributed by atoms with Crippen molar-refractivity contribution in [3.05, 3.63) is 363 Å². The van der Waals surface area contributed by atoms with E-state index in [2.05, 4.69) is 332 Å². The second-order valence-electron chi connectivity index (χ2n) is 32.4. The second kappa shape index (κ2) is 31.2. The summed E-state index contributed by atoms with van der Waals surface area (Å²) >= 11 is 0. The summed E-state index contributed by atoms with van der Waals surface area (Å²) in [5.41, 5.74) is 29.3. The molecule has 0 bridgehead atoms. The number of nitrogens with zero attached hydrogens (tertiary/aromatic N) is 10. The van der Waals surface area contributed by atoms with E-state index < -0.39 is 0 Å². The first-order valence-electron chi connectivity index (χ1n) is 41.9. The minimum atomic E-state index is 0.694. The van der Waals surface area contributed by atoms with Crippen LogP contribution in [0.4, 0.5) is 0 Å². The molecule has 15 aromatic heterocycles. The minimum absolute atomic E-state index is 0.694. The van der Waals surface area contributed by atoms with Crippen molar-refractivity contribution in [3.8, 4) is 56.3 Å². The molecular weight excluding hydrogens is 1540 g/mol. The standard InChI is InChI=1S/5C22H17N2O/c1-14-8-9-16-17-13-18-15(6-5-10-23-18)12-20(17)25-22(16)21(14)19-7-3-4-11-24(19)2;1-14-8-9-16-17-12-15-6-5-10-23-18(15)13-20(17)25-22(16)21(14)19-7-3-4-11-24(19)2;1-14-10-11-16-17-13-15-7-3-4-8-18(15)23-22(17)25-21(16)20(14)19-9-5-6-12-24(19)2;1-14-6-7-17-18-11-16-13-23-9-8-15(16)12-20(18)25-22(17)21(14)19-5-3-4-10-24(19)2;1-14-6-7-17-18-11-15-8-9-23-13-16(15)12-20(18)25-22(17)21(14)19-5-3-4-10-24(19)2/h5*3-13H,1-2H3/q5*+1. The van der Waals surface area contributed by atoms with E-state index in [1.165, 1.54) is 33.2 Å². The average molecular weight is 1630 g/mol. The van der Waals surface area contributed by atoms with E-state index in [9.17, 15) is 0 Å². The van der Waals surface area contributed by atoms with Crippen molar-refractivity contribution in [2.45, 2.75) is 34.6 Å². The predicted octanol–water partition coefficient (Wildman–Crippen LogP) is 24.7. The van der Waals surface area contributed by atoms with Gasteiger partial charge in [-0.05, 0) is 182 Å². The summed E-state index contributed by atoms with van der Waals surface area (Å²) < 4.78 is 42.3. The highest BCUT2D eigenvalue weighted by molar-refractivity contribution is 6.18. The Morgan fingerprint density at radius 2 is 0.520 bits per heavy atom. The monoisotopic (exact) mass is 1630 g/mol. The Balaban J connectivity index is 0.0000000956. The lowest BCUT2D eigenvalue weighted by Crippen LogP contribution is -2.30. The Labute approximate surface area is 718 Å². The van der Waals surface area contributed by atoms with Gasteiger partial charge in [0.2, 0.25) is 34.2 Å². The third kappa shape index (κ3) is 13.6. The van der Waals surface area contributed by atoms with Crippen molar-refractivity contribution in [2.24, 2.45) is 35.2 Å². The number of aromatic nitrogens is 10. The second-order valence-corrected chi connectivity index (χ2v) is 32.4. The Hall–Kier alpha value is -16.0. The Bertz CT molecular complexity index is 7500. The van der Waals surface area contributed by atoms with Crippen LogP contribution >= 0.6 is 0 Å². The molecule has 25 aromatic rings. The topological polar surface area (TPSA) is 150 Å². The lowest BCUT2D eigenvalue weighted by atomic mass is 10.00. The quantitative estimate of drug-likeness (QED) is 0.152. The average Bonchev–Trinajstić information content (AvgIpc) is 1.62. The molecular formula is C110H85N10O5+5. The summed E-state index contributed by atoms with van der Waals surface area (Å²) in [6, 6.07) is 92.2. The van der Waals surface area contributed by atoms with Gasteiger partial charge in [-0.15, -0.1) is 0 Å². The summed E-state index contributed by atoms with van der Waals surface area (Å²) in [6.45, 7) is 10.7. The molecule has 15 heterocycles. The maximum atomic E-state index is 6.35. The predicted molar refractivity (Wildman–Crippen MR) is 502 cm³/mol. The number of para-hydroxylation sites is 1. The van der Waals surface area contributed by atoms with E-state index in [1.54, 1.807) is 0 Å². The van der Waals surface area contributed by atoms with Crippen LogP contribution in [0.2, 0.25) is 0 Å². The largest absolute Gasteiger partial charge is 0.455 e. The molecule has 0 saturated heterocycles. The third-order valence-corrected chi connectivity index (χ3v) is 24.5. The fourth-order valence-corrected chi connectivity index (χ4v) is 18.0. The van der Waals surface area contributed by atoms with E-state index in [0.29, 0.717) is 5.71 Å².